The number of ketones is 1. The lowest BCUT2D eigenvalue weighted by molar-refractivity contribution is -0.144. The zero-order valence-electron chi connectivity index (χ0n) is 28.6. The predicted octanol–water partition coefficient (Wildman–Crippen LogP) is 3.39. The van der Waals surface area contributed by atoms with Crippen molar-refractivity contribution in [3.05, 3.63) is 12.7 Å². The van der Waals surface area contributed by atoms with Crippen molar-refractivity contribution in [3.63, 3.8) is 0 Å². The van der Waals surface area contributed by atoms with Gasteiger partial charge in [-0.15, -0.1) is 6.58 Å². The molecule has 0 bridgehead atoms. The molecule has 12 nitrogen and oxygen atoms in total. The number of ether oxygens (including phenoxy) is 1. The van der Waals surface area contributed by atoms with Gasteiger partial charge in [0.05, 0.1) is 12.6 Å². The van der Waals surface area contributed by atoms with Crippen molar-refractivity contribution in [2.45, 2.75) is 123 Å². The Labute approximate surface area is 274 Å². The number of nitrogens with one attached hydrogen (secondary N) is 4. The Morgan fingerprint density at radius 2 is 1.54 bits per heavy atom. The molecule has 46 heavy (non-hydrogen) atoms. The number of esters is 1. The number of carbonyl (C=O) groups excluding carboxylic acids is 6. The Balaban J connectivity index is 0.00000109. The first-order valence-electron chi connectivity index (χ1n) is 17.0. The van der Waals surface area contributed by atoms with E-state index in [1.54, 1.807) is 20.8 Å². The maximum Gasteiger partial charge on any atom is 0.325 e. The van der Waals surface area contributed by atoms with E-state index in [-0.39, 0.29) is 32.0 Å². The molecule has 12 heteroatoms. The molecular formula is C34H57N5O7. The Hall–Kier alpha value is -3.44. The minimum Gasteiger partial charge on any atom is -0.464 e. The molecule has 4 unspecified atom stereocenters. The number of Topliss-reactive ketones (excluding diaryl/α,β-unsaturated/α-hetero) is 1. The van der Waals surface area contributed by atoms with Crippen molar-refractivity contribution in [3.8, 4) is 0 Å². The third-order valence-corrected chi connectivity index (χ3v) is 8.55. The van der Waals surface area contributed by atoms with Crippen molar-refractivity contribution in [2.75, 3.05) is 26.2 Å². The van der Waals surface area contributed by atoms with Gasteiger partial charge in [0.1, 0.15) is 18.6 Å². The highest BCUT2D eigenvalue weighted by atomic mass is 16.5. The van der Waals surface area contributed by atoms with Gasteiger partial charge in [0, 0.05) is 13.1 Å². The van der Waals surface area contributed by atoms with Crippen LogP contribution in [0.2, 0.25) is 0 Å². The van der Waals surface area contributed by atoms with Crippen molar-refractivity contribution < 1.29 is 33.5 Å². The summed E-state index contributed by atoms with van der Waals surface area (Å²) in [6.07, 6.45) is 13.9. The molecule has 260 valence electrons. The van der Waals surface area contributed by atoms with E-state index >= 15 is 0 Å². The largest absolute Gasteiger partial charge is 0.464 e. The fraction of sp³-hybridized carbons (Fsp3) is 0.765. The van der Waals surface area contributed by atoms with Crippen molar-refractivity contribution >= 4 is 35.5 Å². The number of likely N-dealkylation sites (tertiary alicyclic amines) is 1. The zero-order chi connectivity index (χ0) is 34.3. The second kappa shape index (κ2) is 19.3. The lowest BCUT2D eigenvalue weighted by atomic mass is 9.85. The first kappa shape index (κ1) is 38.7. The van der Waals surface area contributed by atoms with E-state index < -0.39 is 59.0 Å². The van der Waals surface area contributed by atoms with Crippen molar-refractivity contribution in [2.24, 2.45) is 17.3 Å². The summed E-state index contributed by atoms with van der Waals surface area (Å²) in [5.74, 6) is -2.93. The highest BCUT2D eigenvalue weighted by molar-refractivity contribution is 6.38. The van der Waals surface area contributed by atoms with E-state index in [2.05, 4.69) is 27.8 Å². The van der Waals surface area contributed by atoms with E-state index in [9.17, 15) is 28.8 Å². The molecule has 1 heterocycles. The van der Waals surface area contributed by atoms with E-state index in [0.717, 1.165) is 12.8 Å². The number of carbonyl (C=O) groups is 6. The van der Waals surface area contributed by atoms with Crippen LogP contribution in [-0.4, -0.2) is 84.8 Å². The summed E-state index contributed by atoms with van der Waals surface area (Å²) in [6.45, 7) is 12.9. The number of nitrogens with zero attached hydrogens (tertiary/aromatic N) is 1. The average Bonchev–Trinajstić information content (AvgIpc) is 3.78. The van der Waals surface area contributed by atoms with E-state index in [4.69, 9.17) is 4.74 Å². The van der Waals surface area contributed by atoms with Crippen LogP contribution in [0.15, 0.2) is 12.7 Å². The molecule has 0 aromatic carbocycles. The van der Waals surface area contributed by atoms with Crippen LogP contribution in [0.3, 0.4) is 0 Å². The van der Waals surface area contributed by atoms with Gasteiger partial charge in [0.2, 0.25) is 17.6 Å². The van der Waals surface area contributed by atoms with Gasteiger partial charge >= 0.3 is 12.0 Å². The maximum absolute atomic E-state index is 13.8. The Morgan fingerprint density at radius 1 is 0.935 bits per heavy atom. The maximum atomic E-state index is 13.8. The van der Waals surface area contributed by atoms with Gasteiger partial charge in [-0.2, -0.15) is 0 Å². The van der Waals surface area contributed by atoms with Crippen LogP contribution < -0.4 is 21.3 Å². The van der Waals surface area contributed by atoms with Crippen LogP contribution in [0, 0.1) is 17.3 Å². The molecule has 3 fully saturated rings. The number of hydrogen-bond donors (Lipinski definition) is 4. The number of amides is 5. The number of urea groups is 1. The molecule has 0 spiro atoms. The first-order chi connectivity index (χ1) is 21.8. The SMILES string of the molecule is C1CCCCC1.C=CCNC(=O)C(=O)C(CCC)NC(=O)C1C(C)CCN1C(=O)C(NC(=O)NCC(=O)OCC1CC1)C(C)(C)C. The Kier molecular flexibility index (Phi) is 16.2. The second-order valence-electron chi connectivity index (χ2n) is 13.8. The summed E-state index contributed by atoms with van der Waals surface area (Å²) >= 11 is 0. The highest BCUT2D eigenvalue weighted by Gasteiger charge is 2.45. The fourth-order valence-electron chi connectivity index (χ4n) is 5.57. The van der Waals surface area contributed by atoms with Gasteiger partial charge < -0.3 is 30.9 Å². The third kappa shape index (κ3) is 13.1. The molecule has 3 aliphatic rings. The summed E-state index contributed by atoms with van der Waals surface area (Å²) in [5.41, 5.74) is -0.724. The van der Waals surface area contributed by atoms with Crippen LogP contribution in [0.4, 0.5) is 4.79 Å². The van der Waals surface area contributed by atoms with Gasteiger partial charge in [-0.05, 0) is 42.9 Å². The standard InChI is InChI=1S/C28H45N5O7.C6H12/c1-7-9-19(22(35)25(37)29-13-8-2)31-24(36)21-17(3)12-14-33(21)26(38)23(28(4,5)6)32-27(39)30-15-20(34)40-16-18-10-11-18;1-2-4-6-5-3-1/h8,17-19,21,23H,2,7,9-16H2,1,3-6H3,(H,29,37)(H,31,36)(H2,30,32,39);1-6H2. The predicted molar refractivity (Wildman–Crippen MR) is 175 cm³/mol. The van der Waals surface area contributed by atoms with Gasteiger partial charge in [-0.3, -0.25) is 24.0 Å². The molecule has 4 atom stereocenters. The molecule has 2 saturated carbocycles. The Bertz CT molecular complexity index is 1050. The molecule has 3 rings (SSSR count). The Morgan fingerprint density at radius 3 is 2.07 bits per heavy atom. The normalized spacial score (nSPS) is 20.6. The fourth-order valence-corrected chi connectivity index (χ4v) is 5.57. The van der Waals surface area contributed by atoms with E-state index in [0.29, 0.717) is 25.4 Å². The highest BCUT2D eigenvalue weighted by Crippen LogP contribution is 2.30. The molecular weight excluding hydrogens is 590 g/mol. The monoisotopic (exact) mass is 647 g/mol. The quantitative estimate of drug-likeness (QED) is 0.128. The summed E-state index contributed by atoms with van der Waals surface area (Å²) in [5, 5.41) is 10.2. The van der Waals surface area contributed by atoms with Crippen molar-refractivity contribution in [1.82, 2.24) is 26.2 Å². The van der Waals surface area contributed by atoms with Crippen LogP contribution in [0.25, 0.3) is 0 Å². The van der Waals surface area contributed by atoms with Crippen LogP contribution in [-0.2, 0) is 28.7 Å². The molecule has 5 amide bonds. The molecule has 4 N–H and O–H groups in total. The number of hydrogen-bond acceptors (Lipinski definition) is 7. The molecule has 0 radical (unpaired) electrons. The molecule has 0 aromatic rings. The second-order valence-corrected chi connectivity index (χ2v) is 13.8. The lowest BCUT2D eigenvalue weighted by Gasteiger charge is -2.36. The summed E-state index contributed by atoms with van der Waals surface area (Å²) < 4.78 is 5.11. The van der Waals surface area contributed by atoms with Gasteiger partial charge in [-0.1, -0.05) is 85.6 Å². The molecule has 0 aromatic heterocycles. The molecule has 1 aliphatic heterocycles. The first-order valence-corrected chi connectivity index (χ1v) is 17.0. The van der Waals surface area contributed by atoms with Gasteiger partial charge in [0.15, 0.2) is 0 Å². The lowest BCUT2D eigenvalue weighted by Crippen LogP contribution is -2.60. The molecule has 2 aliphatic carbocycles. The minimum absolute atomic E-state index is 0.121. The zero-order valence-corrected chi connectivity index (χ0v) is 28.6. The van der Waals surface area contributed by atoms with Crippen LogP contribution in [0.1, 0.15) is 105 Å². The smallest absolute Gasteiger partial charge is 0.325 e. The summed E-state index contributed by atoms with van der Waals surface area (Å²) in [7, 11) is 0. The van der Waals surface area contributed by atoms with Crippen molar-refractivity contribution in [1.29, 1.82) is 0 Å². The molecule has 1 saturated heterocycles. The third-order valence-electron chi connectivity index (χ3n) is 8.55. The van der Waals surface area contributed by atoms with Gasteiger partial charge in [-0.25, -0.2) is 4.79 Å². The van der Waals surface area contributed by atoms with E-state index in [1.165, 1.54) is 49.5 Å². The summed E-state index contributed by atoms with van der Waals surface area (Å²) in [6, 6.07) is -3.63. The average molecular weight is 648 g/mol. The summed E-state index contributed by atoms with van der Waals surface area (Å²) in [4.78, 5) is 78.1. The van der Waals surface area contributed by atoms with Crippen LogP contribution >= 0.6 is 0 Å². The van der Waals surface area contributed by atoms with Gasteiger partial charge in [0.25, 0.3) is 5.91 Å². The number of rotatable bonds is 14. The topological polar surface area (TPSA) is 163 Å². The van der Waals surface area contributed by atoms with Crippen LogP contribution in [0.5, 0.6) is 0 Å². The minimum atomic E-state index is -1.03. The van der Waals surface area contributed by atoms with E-state index in [1.807, 2.05) is 13.8 Å².